The van der Waals surface area contributed by atoms with Gasteiger partial charge in [-0.1, -0.05) is 31.2 Å². The molecule has 0 radical (unpaired) electrons. The van der Waals surface area contributed by atoms with Gasteiger partial charge in [0.05, 0.1) is 18.8 Å². The highest BCUT2D eigenvalue weighted by atomic mass is 16.5. The molecule has 0 aromatic heterocycles. The van der Waals surface area contributed by atoms with Gasteiger partial charge in [-0.05, 0) is 36.4 Å². The van der Waals surface area contributed by atoms with E-state index in [-0.39, 0.29) is 6.10 Å². The van der Waals surface area contributed by atoms with Crippen molar-refractivity contribution in [3.05, 3.63) is 35.4 Å². The van der Waals surface area contributed by atoms with Crippen LogP contribution in [0.4, 0.5) is 0 Å². The van der Waals surface area contributed by atoms with Gasteiger partial charge in [-0.15, -0.1) is 0 Å². The highest BCUT2D eigenvalue weighted by Crippen LogP contribution is 2.41. The van der Waals surface area contributed by atoms with Gasteiger partial charge in [0.2, 0.25) is 0 Å². The minimum atomic E-state index is 0.128. The minimum Gasteiger partial charge on any atom is -0.374 e. The van der Waals surface area contributed by atoms with Crippen LogP contribution in [-0.4, -0.2) is 37.2 Å². The highest BCUT2D eigenvalue weighted by molar-refractivity contribution is 5.31. The van der Waals surface area contributed by atoms with Gasteiger partial charge >= 0.3 is 0 Å². The molecule has 1 aromatic rings. The fourth-order valence-corrected chi connectivity index (χ4v) is 3.18. The van der Waals surface area contributed by atoms with Crippen molar-refractivity contribution in [3.63, 3.8) is 0 Å². The molecule has 0 spiro atoms. The number of rotatable bonds is 4. The van der Waals surface area contributed by atoms with E-state index in [1.54, 1.807) is 0 Å². The lowest BCUT2D eigenvalue weighted by atomic mass is 9.95. The molecule has 104 valence electrons. The summed E-state index contributed by atoms with van der Waals surface area (Å²) in [6, 6.07) is 9.39. The molecule has 1 aliphatic carbocycles. The van der Waals surface area contributed by atoms with Crippen molar-refractivity contribution in [2.45, 2.75) is 37.8 Å². The molecule has 1 aromatic carbocycles. The lowest BCUT2D eigenvalue weighted by Crippen LogP contribution is -2.48. The molecule has 1 saturated carbocycles. The Morgan fingerprint density at radius 1 is 1.32 bits per heavy atom. The summed E-state index contributed by atoms with van der Waals surface area (Å²) in [4.78, 5) is 2.49. The molecule has 2 unspecified atom stereocenters. The summed E-state index contributed by atoms with van der Waals surface area (Å²) in [7, 11) is 0. The number of hydrogen-bond acceptors (Lipinski definition) is 3. The van der Waals surface area contributed by atoms with Crippen LogP contribution in [0.3, 0.4) is 0 Å². The Kier molecular flexibility index (Phi) is 3.87. The Morgan fingerprint density at radius 3 is 2.79 bits per heavy atom. The van der Waals surface area contributed by atoms with E-state index in [9.17, 15) is 0 Å². The summed E-state index contributed by atoms with van der Waals surface area (Å²) in [5.74, 6) is 0.802. The van der Waals surface area contributed by atoms with E-state index in [1.165, 1.54) is 24.0 Å². The van der Waals surface area contributed by atoms with Crippen LogP contribution in [0.1, 0.15) is 42.9 Å². The zero-order chi connectivity index (χ0) is 13.2. The molecule has 2 aliphatic rings. The van der Waals surface area contributed by atoms with Crippen LogP contribution in [0.25, 0.3) is 0 Å². The van der Waals surface area contributed by atoms with Crippen molar-refractivity contribution in [1.82, 2.24) is 4.90 Å². The predicted octanol–water partition coefficient (Wildman–Crippen LogP) is 2.28. The number of ether oxygens (including phenoxy) is 1. The molecule has 1 aliphatic heterocycles. The van der Waals surface area contributed by atoms with Crippen LogP contribution in [0.2, 0.25) is 0 Å². The van der Waals surface area contributed by atoms with E-state index in [0.29, 0.717) is 12.6 Å². The third-order valence-electron chi connectivity index (χ3n) is 4.40. The average molecular weight is 260 g/mol. The molecule has 3 nitrogen and oxygen atoms in total. The van der Waals surface area contributed by atoms with Gasteiger partial charge in [0.15, 0.2) is 0 Å². The Hall–Kier alpha value is -0.900. The van der Waals surface area contributed by atoms with E-state index >= 15 is 0 Å². The third kappa shape index (κ3) is 2.69. The SMILES string of the molecule is CCN1CCOC(CN)C1c1cccc(C2CC2)c1. The van der Waals surface area contributed by atoms with Crippen LogP contribution >= 0.6 is 0 Å². The number of hydrogen-bond donors (Lipinski definition) is 1. The van der Waals surface area contributed by atoms with E-state index in [2.05, 4.69) is 36.1 Å². The Balaban J connectivity index is 1.89. The van der Waals surface area contributed by atoms with Crippen LogP contribution in [0.15, 0.2) is 24.3 Å². The Morgan fingerprint density at radius 2 is 2.11 bits per heavy atom. The van der Waals surface area contributed by atoms with Crippen molar-refractivity contribution >= 4 is 0 Å². The average Bonchev–Trinajstić information content (AvgIpc) is 3.31. The van der Waals surface area contributed by atoms with Gasteiger partial charge in [0.25, 0.3) is 0 Å². The molecule has 2 N–H and O–H groups in total. The Labute approximate surface area is 115 Å². The first-order valence-electron chi connectivity index (χ1n) is 7.49. The first kappa shape index (κ1) is 13.1. The zero-order valence-corrected chi connectivity index (χ0v) is 11.7. The number of benzene rings is 1. The quantitative estimate of drug-likeness (QED) is 0.902. The maximum absolute atomic E-state index is 5.91. The van der Waals surface area contributed by atoms with Crippen molar-refractivity contribution in [2.24, 2.45) is 5.73 Å². The smallest absolute Gasteiger partial charge is 0.0894 e. The molecular weight excluding hydrogens is 236 g/mol. The lowest BCUT2D eigenvalue weighted by molar-refractivity contribution is -0.0658. The Bertz CT molecular complexity index is 419. The summed E-state index contributed by atoms with van der Waals surface area (Å²) in [5.41, 5.74) is 8.78. The molecule has 3 rings (SSSR count). The first-order chi connectivity index (χ1) is 9.33. The van der Waals surface area contributed by atoms with Crippen molar-refractivity contribution in [2.75, 3.05) is 26.2 Å². The molecule has 1 saturated heterocycles. The second-order valence-electron chi connectivity index (χ2n) is 5.66. The van der Waals surface area contributed by atoms with Gasteiger partial charge in [-0.3, -0.25) is 4.90 Å². The van der Waals surface area contributed by atoms with E-state index < -0.39 is 0 Å². The molecule has 19 heavy (non-hydrogen) atoms. The summed E-state index contributed by atoms with van der Waals surface area (Å²) in [6.07, 6.45) is 2.83. The molecule has 2 atom stereocenters. The second kappa shape index (κ2) is 5.61. The number of morpholine rings is 1. The van der Waals surface area contributed by atoms with Crippen LogP contribution in [-0.2, 0) is 4.74 Å². The third-order valence-corrected chi connectivity index (χ3v) is 4.40. The number of nitrogens with two attached hydrogens (primary N) is 1. The predicted molar refractivity (Wildman–Crippen MR) is 77.2 cm³/mol. The molecule has 0 amide bonds. The molecular formula is C16H24N2O. The summed E-state index contributed by atoms with van der Waals surface area (Å²) in [6.45, 7) is 5.67. The minimum absolute atomic E-state index is 0.128. The topological polar surface area (TPSA) is 38.5 Å². The molecule has 3 heteroatoms. The maximum Gasteiger partial charge on any atom is 0.0894 e. The summed E-state index contributed by atoms with van der Waals surface area (Å²) < 4.78 is 5.88. The van der Waals surface area contributed by atoms with E-state index in [0.717, 1.165) is 25.6 Å². The van der Waals surface area contributed by atoms with Gasteiger partial charge < -0.3 is 10.5 Å². The van der Waals surface area contributed by atoms with Gasteiger partial charge in [0.1, 0.15) is 0 Å². The van der Waals surface area contributed by atoms with Crippen molar-refractivity contribution < 1.29 is 4.74 Å². The first-order valence-corrected chi connectivity index (χ1v) is 7.49. The zero-order valence-electron chi connectivity index (χ0n) is 11.7. The van der Waals surface area contributed by atoms with Crippen molar-refractivity contribution in [3.8, 4) is 0 Å². The lowest BCUT2D eigenvalue weighted by Gasteiger charge is -2.40. The van der Waals surface area contributed by atoms with Crippen LogP contribution in [0, 0.1) is 0 Å². The normalized spacial score (nSPS) is 28.5. The molecule has 2 fully saturated rings. The fourth-order valence-electron chi connectivity index (χ4n) is 3.18. The largest absolute Gasteiger partial charge is 0.374 e. The monoisotopic (exact) mass is 260 g/mol. The van der Waals surface area contributed by atoms with Gasteiger partial charge in [0, 0.05) is 13.1 Å². The van der Waals surface area contributed by atoms with Crippen LogP contribution < -0.4 is 5.73 Å². The number of nitrogens with zero attached hydrogens (tertiary/aromatic N) is 1. The molecule has 1 heterocycles. The van der Waals surface area contributed by atoms with Crippen molar-refractivity contribution in [1.29, 1.82) is 0 Å². The highest BCUT2D eigenvalue weighted by Gasteiger charge is 2.32. The van der Waals surface area contributed by atoms with Gasteiger partial charge in [-0.2, -0.15) is 0 Å². The second-order valence-corrected chi connectivity index (χ2v) is 5.66. The van der Waals surface area contributed by atoms with Gasteiger partial charge in [-0.25, -0.2) is 0 Å². The molecule has 0 bridgehead atoms. The standard InChI is InChI=1S/C16H24N2O/c1-2-18-8-9-19-15(11-17)16(18)14-5-3-4-13(10-14)12-6-7-12/h3-5,10,12,15-16H,2,6-9,11,17H2,1H3. The summed E-state index contributed by atoms with van der Waals surface area (Å²) >= 11 is 0. The number of likely N-dealkylation sites (N-methyl/N-ethyl adjacent to an activating group) is 1. The summed E-state index contributed by atoms with van der Waals surface area (Å²) in [5, 5.41) is 0. The maximum atomic E-state index is 5.91. The van der Waals surface area contributed by atoms with E-state index in [4.69, 9.17) is 10.5 Å². The fraction of sp³-hybridized carbons (Fsp3) is 0.625. The van der Waals surface area contributed by atoms with Crippen LogP contribution in [0.5, 0.6) is 0 Å². The van der Waals surface area contributed by atoms with E-state index in [1.807, 2.05) is 0 Å².